The maximum Gasteiger partial charge on any atom is 0.254 e. The Morgan fingerprint density at radius 1 is 1.38 bits per heavy atom. The molecule has 6 nitrogen and oxygen atoms in total. The molecule has 0 bridgehead atoms. The summed E-state index contributed by atoms with van der Waals surface area (Å²) in [6.45, 7) is -0.127. The van der Waals surface area contributed by atoms with Gasteiger partial charge in [0.2, 0.25) is 11.9 Å². The minimum absolute atomic E-state index is 0.0605. The number of fused-ring (bicyclic) bond motifs is 2. The highest BCUT2D eigenvalue weighted by molar-refractivity contribution is 9.10. The van der Waals surface area contributed by atoms with E-state index in [1.807, 2.05) is 0 Å². The van der Waals surface area contributed by atoms with Gasteiger partial charge in [0.15, 0.2) is 5.82 Å². The summed E-state index contributed by atoms with van der Waals surface area (Å²) in [7, 11) is 0. The number of nitrogens with one attached hydrogen (secondary N) is 1. The van der Waals surface area contributed by atoms with E-state index < -0.39 is 23.3 Å². The van der Waals surface area contributed by atoms with Gasteiger partial charge in [-0.25, -0.2) is 18.7 Å². The topological polar surface area (TPSA) is 75.2 Å². The van der Waals surface area contributed by atoms with Crippen LogP contribution in [0.5, 0.6) is 0 Å². The second-order valence-electron chi connectivity index (χ2n) is 6.45. The van der Waals surface area contributed by atoms with Crippen LogP contribution in [0.3, 0.4) is 0 Å². The number of carbonyl (C=O) groups is 2. The Morgan fingerprint density at radius 3 is 2.73 bits per heavy atom. The fraction of sp³-hybridized carbons (Fsp3) is 0.294. The molecule has 2 unspecified atom stereocenters. The smallest absolute Gasteiger partial charge is 0.254 e. The van der Waals surface area contributed by atoms with Gasteiger partial charge in [-0.3, -0.25) is 14.9 Å². The molecule has 1 aromatic heterocycles. The van der Waals surface area contributed by atoms with Gasteiger partial charge in [0.25, 0.3) is 5.91 Å². The van der Waals surface area contributed by atoms with Crippen molar-refractivity contribution in [2.24, 2.45) is 0 Å². The molecule has 0 radical (unpaired) electrons. The molecule has 134 valence electrons. The highest BCUT2D eigenvalue weighted by Gasteiger charge is 2.61. The first-order valence-corrected chi connectivity index (χ1v) is 8.69. The predicted molar refractivity (Wildman–Crippen MR) is 91.9 cm³/mol. The number of halogens is 3. The van der Waals surface area contributed by atoms with E-state index in [9.17, 15) is 18.4 Å². The van der Waals surface area contributed by atoms with Crippen molar-refractivity contribution in [3.8, 4) is 0 Å². The van der Waals surface area contributed by atoms with Gasteiger partial charge < -0.3 is 4.90 Å². The Hall–Kier alpha value is -2.42. The first-order valence-electron chi connectivity index (χ1n) is 7.90. The first kappa shape index (κ1) is 17.0. The zero-order valence-corrected chi connectivity index (χ0v) is 15.0. The van der Waals surface area contributed by atoms with E-state index in [4.69, 9.17) is 0 Å². The van der Waals surface area contributed by atoms with Crippen molar-refractivity contribution < 1.29 is 18.4 Å². The Bertz CT molecular complexity index is 908. The molecule has 1 fully saturated rings. The molecule has 2 atom stereocenters. The third-order valence-electron chi connectivity index (χ3n) is 4.70. The van der Waals surface area contributed by atoms with Gasteiger partial charge in [-0.1, -0.05) is 15.9 Å². The van der Waals surface area contributed by atoms with Gasteiger partial charge in [0.05, 0.1) is 12.4 Å². The van der Waals surface area contributed by atoms with Crippen molar-refractivity contribution in [2.75, 3.05) is 18.4 Å². The fourth-order valence-corrected chi connectivity index (χ4v) is 3.69. The fourth-order valence-electron chi connectivity index (χ4n) is 3.33. The molecule has 1 N–H and O–H groups in total. The number of aromatic nitrogens is 2. The number of nitrogens with zero attached hydrogens (tertiary/aromatic N) is 3. The SMILES string of the molecule is O=C(CN1CC2(CC2F)c2cc(Br)ccc2C1=O)Nc1ncc(F)cn1. The lowest BCUT2D eigenvalue weighted by Gasteiger charge is -2.34. The minimum atomic E-state index is -1.05. The summed E-state index contributed by atoms with van der Waals surface area (Å²) in [6, 6.07) is 5.13. The van der Waals surface area contributed by atoms with Gasteiger partial charge in [0.1, 0.15) is 12.7 Å². The number of rotatable bonds is 3. The second-order valence-corrected chi connectivity index (χ2v) is 7.37. The first-order chi connectivity index (χ1) is 12.4. The van der Waals surface area contributed by atoms with Crippen molar-refractivity contribution in [1.82, 2.24) is 14.9 Å². The van der Waals surface area contributed by atoms with Gasteiger partial charge in [-0.05, 0) is 30.2 Å². The van der Waals surface area contributed by atoms with E-state index in [2.05, 4.69) is 31.2 Å². The third kappa shape index (κ3) is 2.86. The normalized spacial score (nSPS) is 23.7. The Balaban J connectivity index is 1.54. The maximum atomic E-state index is 14.2. The zero-order chi connectivity index (χ0) is 18.5. The molecule has 1 spiro atoms. The molecule has 2 amide bonds. The lowest BCUT2D eigenvalue weighted by atomic mass is 9.86. The van der Waals surface area contributed by atoms with E-state index in [-0.39, 0.29) is 24.9 Å². The Morgan fingerprint density at radius 2 is 2.08 bits per heavy atom. The summed E-state index contributed by atoms with van der Waals surface area (Å²) < 4.78 is 27.8. The van der Waals surface area contributed by atoms with Crippen LogP contribution >= 0.6 is 15.9 Å². The molecule has 9 heteroatoms. The Labute approximate surface area is 155 Å². The van der Waals surface area contributed by atoms with Crippen molar-refractivity contribution >= 4 is 33.7 Å². The van der Waals surface area contributed by atoms with Gasteiger partial charge in [0, 0.05) is 22.0 Å². The number of alkyl halides is 1. The summed E-state index contributed by atoms with van der Waals surface area (Å²) in [6.07, 6.45) is 1.13. The standard InChI is InChI=1S/C17H13BrF2N4O2/c18-9-1-2-11-12(3-9)17(4-13(17)20)8-24(15(11)26)7-14(25)23-16-21-5-10(19)6-22-16/h1-3,5-6,13H,4,7-8H2,(H,21,22,23,25). The molecule has 0 saturated heterocycles. The Kier molecular flexibility index (Phi) is 3.98. The molecule has 1 aliphatic carbocycles. The number of hydrogen-bond donors (Lipinski definition) is 1. The second kappa shape index (κ2) is 6.08. The van der Waals surface area contributed by atoms with E-state index in [0.29, 0.717) is 17.5 Å². The number of amides is 2. The summed E-state index contributed by atoms with van der Waals surface area (Å²) in [4.78, 5) is 33.5. The average molecular weight is 423 g/mol. The van der Waals surface area contributed by atoms with Crippen molar-refractivity contribution in [3.05, 3.63) is 52.0 Å². The maximum absolute atomic E-state index is 14.2. The van der Waals surface area contributed by atoms with Crippen molar-refractivity contribution in [1.29, 1.82) is 0 Å². The quantitative estimate of drug-likeness (QED) is 0.823. The van der Waals surface area contributed by atoms with E-state index in [1.165, 1.54) is 4.90 Å². The highest BCUT2D eigenvalue weighted by atomic mass is 79.9. The molecular formula is C17H13BrF2N4O2. The minimum Gasteiger partial charge on any atom is -0.328 e. The van der Waals surface area contributed by atoms with Crippen LogP contribution in [-0.4, -0.2) is 45.9 Å². The molecule has 2 heterocycles. The molecule has 2 aromatic rings. The lowest BCUT2D eigenvalue weighted by Crippen LogP contribution is -2.47. The van der Waals surface area contributed by atoms with Gasteiger partial charge in [-0.2, -0.15) is 0 Å². The van der Waals surface area contributed by atoms with E-state index >= 15 is 0 Å². The van der Waals surface area contributed by atoms with E-state index in [1.54, 1.807) is 18.2 Å². The van der Waals surface area contributed by atoms with Crippen LogP contribution in [0.4, 0.5) is 14.7 Å². The number of hydrogen-bond acceptors (Lipinski definition) is 4. The van der Waals surface area contributed by atoms with Crippen LogP contribution in [0, 0.1) is 5.82 Å². The predicted octanol–water partition coefficient (Wildman–Crippen LogP) is 2.45. The van der Waals surface area contributed by atoms with Crippen LogP contribution in [0.15, 0.2) is 35.1 Å². The monoisotopic (exact) mass is 422 g/mol. The molecular weight excluding hydrogens is 410 g/mol. The zero-order valence-electron chi connectivity index (χ0n) is 13.4. The largest absolute Gasteiger partial charge is 0.328 e. The number of anilines is 1. The van der Waals surface area contributed by atoms with Crippen molar-refractivity contribution in [2.45, 2.75) is 18.0 Å². The van der Waals surface area contributed by atoms with Crippen LogP contribution in [0.25, 0.3) is 0 Å². The summed E-state index contributed by atoms with van der Waals surface area (Å²) in [5.74, 6) is -1.54. The van der Waals surface area contributed by atoms with Crippen molar-refractivity contribution in [3.63, 3.8) is 0 Å². The molecule has 1 aromatic carbocycles. The molecule has 4 rings (SSSR count). The van der Waals surface area contributed by atoms with E-state index in [0.717, 1.165) is 16.9 Å². The lowest BCUT2D eigenvalue weighted by molar-refractivity contribution is -0.117. The molecule has 1 aliphatic heterocycles. The summed E-state index contributed by atoms with van der Waals surface area (Å²) in [5, 5.41) is 2.41. The molecule has 26 heavy (non-hydrogen) atoms. The highest BCUT2D eigenvalue weighted by Crippen LogP contribution is 2.54. The molecule has 2 aliphatic rings. The average Bonchev–Trinajstić information content (AvgIpc) is 3.25. The van der Waals surface area contributed by atoms with Crippen LogP contribution < -0.4 is 5.32 Å². The van der Waals surface area contributed by atoms with Crippen LogP contribution in [-0.2, 0) is 10.2 Å². The van der Waals surface area contributed by atoms with Crippen LogP contribution in [0.2, 0.25) is 0 Å². The van der Waals surface area contributed by atoms with Gasteiger partial charge in [-0.15, -0.1) is 0 Å². The third-order valence-corrected chi connectivity index (χ3v) is 5.19. The van der Waals surface area contributed by atoms with Gasteiger partial charge >= 0.3 is 0 Å². The summed E-state index contributed by atoms with van der Waals surface area (Å²) >= 11 is 3.36. The number of benzene rings is 1. The summed E-state index contributed by atoms with van der Waals surface area (Å²) in [5.41, 5.74) is 0.341. The molecule has 1 saturated carbocycles. The van der Waals surface area contributed by atoms with Crippen LogP contribution in [0.1, 0.15) is 22.3 Å². The number of carbonyl (C=O) groups excluding carboxylic acids is 2.